The zero-order valence-corrected chi connectivity index (χ0v) is 15.1. The number of pyridine rings is 1. The number of aryl methyl sites for hydroxylation is 1. The summed E-state index contributed by atoms with van der Waals surface area (Å²) < 4.78 is 23.7. The van der Waals surface area contributed by atoms with Gasteiger partial charge in [0.05, 0.1) is 11.3 Å². The molecule has 133 valence electrons. The third-order valence-electron chi connectivity index (χ3n) is 4.31. The quantitative estimate of drug-likeness (QED) is 0.849. The summed E-state index contributed by atoms with van der Waals surface area (Å²) in [7, 11) is -3.44. The van der Waals surface area contributed by atoms with Gasteiger partial charge in [-0.15, -0.1) is 0 Å². The first-order valence-corrected chi connectivity index (χ1v) is 10.0. The number of carbonyl (C=O) groups is 1. The van der Waals surface area contributed by atoms with E-state index in [1.54, 1.807) is 13.0 Å². The van der Waals surface area contributed by atoms with Crippen LogP contribution in [0.25, 0.3) is 0 Å². The summed E-state index contributed by atoms with van der Waals surface area (Å²) in [5, 5.41) is 9.83. The molecule has 2 aromatic heterocycles. The molecule has 0 aromatic carbocycles. The lowest BCUT2D eigenvalue weighted by atomic mass is 10.0. The summed E-state index contributed by atoms with van der Waals surface area (Å²) in [5.41, 5.74) is 2.11. The second-order valence-electron chi connectivity index (χ2n) is 6.44. The molecule has 1 saturated carbocycles. The van der Waals surface area contributed by atoms with Gasteiger partial charge in [-0.05, 0) is 44.2 Å². The summed E-state index contributed by atoms with van der Waals surface area (Å²) in [6.45, 7) is 1.76. The van der Waals surface area contributed by atoms with Crippen molar-refractivity contribution in [1.29, 1.82) is 0 Å². The van der Waals surface area contributed by atoms with Gasteiger partial charge < -0.3 is 5.32 Å². The van der Waals surface area contributed by atoms with Crippen molar-refractivity contribution < 1.29 is 13.2 Å². The lowest BCUT2D eigenvalue weighted by Gasteiger charge is -2.08. The SMILES string of the molecule is Cc1cc(CC(=O)Nc2cc([C@H]3C[CH]CC3)[nH]n2)c(S(C)(=O)=O)cn1. The Labute approximate surface area is 147 Å². The molecule has 0 saturated heterocycles. The highest BCUT2D eigenvalue weighted by molar-refractivity contribution is 7.90. The molecule has 25 heavy (non-hydrogen) atoms. The lowest BCUT2D eigenvalue weighted by Crippen LogP contribution is -2.17. The largest absolute Gasteiger partial charge is 0.309 e. The van der Waals surface area contributed by atoms with E-state index >= 15 is 0 Å². The van der Waals surface area contributed by atoms with Gasteiger partial charge in [-0.2, -0.15) is 5.10 Å². The number of aromatic nitrogens is 3. The van der Waals surface area contributed by atoms with Gasteiger partial charge >= 0.3 is 0 Å². The number of rotatable bonds is 5. The fourth-order valence-electron chi connectivity index (χ4n) is 3.08. The van der Waals surface area contributed by atoms with Crippen LogP contribution < -0.4 is 5.32 Å². The van der Waals surface area contributed by atoms with Crippen LogP contribution in [0.15, 0.2) is 23.2 Å². The minimum Gasteiger partial charge on any atom is -0.309 e. The Morgan fingerprint density at radius 2 is 2.20 bits per heavy atom. The number of carbonyl (C=O) groups excluding carboxylic acids is 1. The predicted molar refractivity (Wildman–Crippen MR) is 93.9 cm³/mol. The molecule has 1 aliphatic carbocycles. The Bertz CT molecular complexity index is 883. The Kier molecular flexibility index (Phi) is 4.89. The summed E-state index contributed by atoms with van der Waals surface area (Å²) in [4.78, 5) is 16.4. The Hall–Kier alpha value is -2.22. The van der Waals surface area contributed by atoms with Crippen molar-refractivity contribution in [2.75, 3.05) is 11.6 Å². The fraction of sp³-hybridized carbons (Fsp3) is 0.412. The van der Waals surface area contributed by atoms with Crippen LogP contribution in [0.3, 0.4) is 0 Å². The molecule has 1 atom stereocenters. The van der Waals surface area contributed by atoms with Crippen molar-refractivity contribution >= 4 is 21.6 Å². The maximum atomic E-state index is 12.3. The third kappa shape index (κ3) is 4.25. The van der Waals surface area contributed by atoms with E-state index in [2.05, 4.69) is 26.9 Å². The van der Waals surface area contributed by atoms with Crippen LogP contribution in [-0.2, 0) is 21.1 Å². The number of amides is 1. The Morgan fingerprint density at radius 1 is 1.40 bits per heavy atom. The minimum atomic E-state index is -3.44. The van der Waals surface area contributed by atoms with E-state index in [1.165, 1.54) is 6.20 Å². The molecular formula is C17H21N4O3S. The Morgan fingerprint density at radius 3 is 2.88 bits per heavy atom. The second-order valence-corrected chi connectivity index (χ2v) is 8.42. The molecule has 0 unspecified atom stereocenters. The molecule has 0 bridgehead atoms. The van der Waals surface area contributed by atoms with Crippen LogP contribution in [0.5, 0.6) is 0 Å². The van der Waals surface area contributed by atoms with E-state index < -0.39 is 9.84 Å². The van der Waals surface area contributed by atoms with E-state index in [-0.39, 0.29) is 17.2 Å². The summed E-state index contributed by atoms with van der Waals surface area (Å²) >= 11 is 0. The number of nitrogens with one attached hydrogen (secondary N) is 2. The zero-order chi connectivity index (χ0) is 18.0. The molecular weight excluding hydrogens is 340 g/mol. The number of sulfone groups is 1. The normalized spacial score (nSPS) is 15.4. The first kappa shape index (κ1) is 17.6. The second kappa shape index (κ2) is 6.95. The van der Waals surface area contributed by atoms with Crippen molar-refractivity contribution in [1.82, 2.24) is 15.2 Å². The van der Waals surface area contributed by atoms with Gasteiger partial charge in [0.15, 0.2) is 15.7 Å². The molecule has 0 spiro atoms. The molecule has 1 fully saturated rings. The van der Waals surface area contributed by atoms with E-state index in [1.807, 2.05) is 6.07 Å². The van der Waals surface area contributed by atoms with Crippen molar-refractivity contribution in [2.24, 2.45) is 0 Å². The smallest absolute Gasteiger partial charge is 0.230 e. The molecule has 1 amide bonds. The predicted octanol–water partition coefficient (Wildman–Crippen LogP) is 2.17. The van der Waals surface area contributed by atoms with Gasteiger partial charge in [0.25, 0.3) is 0 Å². The fourth-order valence-corrected chi connectivity index (χ4v) is 3.94. The number of aromatic amines is 1. The van der Waals surface area contributed by atoms with Gasteiger partial charge in [0.1, 0.15) is 0 Å². The summed E-state index contributed by atoms with van der Waals surface area (Å²) in [5.74, 6) is 0.572. The highest BCUT2D eigenvalue weighted by atomic mass is 32.2. The number of nitrogens with zero attached hydrogens (tertiary/aromatic N) is 2. The molecule has 3 rings (SSSR count). The van der Waals surface area contributed by atoms with E-state index in [9.17, 15) is 13.2 Å². The molecule has 2 heterocycles. The highest BCUT2D eigenvalue weighted by Crippen LogP contribution is 2.33. The van der Waals surface area contributed by atoms with Crippen LogP contribution in [0.1, 0.15) is 42.1 Å². The van der Waals surface area contributed by atoms with Crippen molar-refractivity contribution in [2.45, 2.75) is 43.4 Å². The van der Waals surface area contributed by atoms with Crippen LogP contribution in [0.2, 0.25) is 0 Å². The van der Waals surface area contributed by atoms with Crippen LogP contribution in [0, 0.1) is 13.3 Å². The standard InChI is InChI=1S/C17H21N4O3S/c1-11-7-13(15(10-18-11)25(2,23)24)8-17(22)19-16-9-14(20-21-16)12-5-3-4-6-12/h3,7,9-10,12H,4-6,8H2,1-2H3,(H2,19,20,21,22)/t12-/m0/s1. The molecule has 2 N–H and O–H groups in total. The third-order valence-corrected chi connectivity index (χ3v) is 5.48. The van der Waals surface area contributed by atoms with Crippen LogP contribution in [-0.4, -0.2) is 35.8 Å². The van der Waals surface area contributed by atoms with Gasteiger partial charge in [-0.3, -0.25) is 14.9 Å². The lowest BCUT2D eigenvalue weighted by molar-refractivity contribution is -0.115. The average Bonchev–Trinajstić information content (AvgIpc) is 3.16. The molecule has 1 aliphatic rings. The average molecular weight is 361 g/mol. The van der Waals surface area contributed by atoms with Crippen LogP contribution in [0.4, 0.5) is 5.82 Å². The Balaban J connectivity index is 1.72. The van der Waals surface area contributed by atoms with E-state index in [0.717, 1.165) is 31.2 Å². The number of hydrogen-bond acceptors (Lipinski definition) is 5. The summed E-state index contributed by atoms with van der Waals surface area (Å²) in [6, 6.07) is 3.47. The van der Waals surface area contributed by atoms with Crippen molar-refractivity contribution in [3.05, 3.63) is 41.7 Å². The topological polar surface area (TPSA) is 105 Å². The van der Waals surface area contributed by atoms with Gasteiger partial charge in [-0.25, -0.2) is 8.42 Å². The van der Waals surface area contributed by atoms with Gasteiger partial charge in [0, 0.05) is 35.8 Å². The first-order chi connectivity index (χ1) is 11.8. The highest BCUT2D eigenvalue weighted by Gasteiger charge is 2.20. The molecule has 2 aromatic rings. The molecule has 7 nitrogen and oxygen atoms in total. The van der Waals surface area contributed by atoms with Crippen LogP contribution >= 0.6 is 0 Å². The zero-order valence-electron chi connectivity index (χ0n) is 14.2. The number of H-pyrrole nitrogens is 1. The molecule has 1 radical (unpaired) electrons. The van der Waals surface area contributed by atoms with E-state index in [4.69, 9.17) is 0 Å². The van der Waals surface area contributed by atoms with E-state index in [0.29, 0.717) is 23.0 Å². The summed E-state index contributed by atoms with van der Waals surface area (Å²) in [6.07, 6.45) is 7.82. The maximum Gasteiger partial charge on any atom is 0.230 e. The van der Waals surface area contributed by atoms with Crippen molar-refractivity contribution in [3.63, 3.8) is 0 Å². The first-order valence-electron chi connectivity index (χ1n) is 8.15. The number of anilines is 1. The molecule has 0 aliphatic heterocycles. The van der Waals surface area contributed by atoms with Gasteiger partial charge in [-0.1, -0.05) is 0 Å². The monoisotopic (exact) mass is 361 g/mol. The van der Waals surface area contributed by atoms with Crippen molar-refractivity contribution in [3.8, 4) is 0 Å². The molecule has 8 heteroatoms. The maximum absolute atomic E-state index is 12.3. The minimum absolute atomic E-state index is 0.0504. The number of hydrogen-bond donors (Lipinski definition) is 2. The van der Waals surface area contributed by atoms with Gasteiger partial charge in [0.2, 0.25) is 5.91 Å².